The minimum atomic E-state index is -0.586. The van der Waals surface area contributed by atoms with Gasteiger partial charge in [-0.15, -0.1) is 0 Å². The fourth-order valence-corrected chi connectivity index (χ4v) is 2.46. The zero-order valence-electron chi connectivity index (χ0n) is 12.9. The molecule has 2 rings (SSSR count). The van der Waals surface area contributed by atoms with E-state index >= 15 is 0 Å². The van der Waals surface area contributed by atoms with Crippen molar-refractivity contribution < 1.29 is 14.3 Å². The minimum Gasteiger partial charge on any atom is -0.443 e. The number of ether oxygens (including phenoxy) is 1. The summed E-state index contributed by atoms with van der Waals surface area (Å²) in [6.45, 7) is 5.48. The number of anilines is 1. The van der Waals surface area contributed by atoms with E-state index in [1.807, 2.05) is 51.1 Å². The molecule has 1 aliphatic rings. The smallest absolute Gasteiger partial charge is 0.415 e. The van der Waals surface area contributed by atoms with E-state index in [0.717, 1.165) is 25.5 Å². The van der Waals surface area contributed by atoms with Crippen molar-refractivity contribution in [2.45, 2.75) is 51.7 Å². The molecule has 0 aromatic heterocycles. The molecule has 1 unspecified atom stereocenters. The maximum Gasteiger partial charge on any atom is 0.415 e. The van der Waals surface area contributed by atoms with E-state index in [2.05, 4.69) is 0 Å². The van der Waals surface area contributed by atoms with Gasteiger partial charge in [-0.1, -0.05) is 24.6 Å². The van der Waals surface area contributed by atoms with Crippen molar-refractivity contribution in [3.63, 3.8) is 0 Å². The number of para-hydroxylation sites is 1. The number of nitrogens with zero attached hydrogens (tertiary/aromatic N) is 1. The van der Waals surface area contributed by atoms with Crippen LogP contribution < -0.4 is 4.90 Å². The maximum absolute atomic E-state index is 12.5. The predicted octanol–water partition coefficient (Wildman–Crippen LogP) is 3.80. The second kappa shape index (κ2) is 6.29. The second-order valence-electron chi connectivity index (χ2n) is 6.50. The molecule has 0 saturated heterocycles. The Morgan fingerprint density at radius 1 is 1.29 bits per heavy atom. The Bertz CT molecular complexity index is 489. The Labute approximate surface area is 126 Å². The summed E-state index contributed by atoms with van der Waals surface area (Å²) >= 11 is 0. The SMILES string of the molecule is CC(C)(C)OC(=O)N(c1ccccc1)C(C=O)C1CCC1. The molecule has 0 radical (unpaired) electrons. The highest BCUT2D eigenvalue weighted by molar-refractivity contribution is 5.92. The van der Waals surface area contributed by atoms with Crippen LogP contribution in [-0.4, -0.2) is 24.0 Å². The van der Waals surface area contributed by atoms with Crippen LogP contribution in [0.3, 0.4) is 0 Å². The van der Waals surface area contributed by atoms with Crippen LogP contribution in [0.5, 0.6) is 0 Å². The number of carbonyl (C=O) groups is 2. The first-order valence-corrected chi connectivity index (χ1v) is 7.45. The van der Waals surface area contributed by atoms with E-state index in [9.17, 15) is 9.59 Å². The van der Waals surface area contributed by atoms with E-state index in [1.165, 1.54) is 4.90 Å². The van der Waals surface area contributed by atoms with Crippen molar-refractivity contribution >= 4 is 18.1 Å². The Hall–Kier alpha value is -1.84. The summed E-state index contributed by atoms with van der Waals surface area (Å²) in [7, 11) is 0. The van der Waals surface area contributed by atoms with Gasteiger partial charge in [0.15, 0.2) is 0 Å². The number of aldehydes is 1. The van der Waals surface area contributed by atoms with Crippen molar-refractivity contribution in [2.24, 2.45) is 5.92 Å². The fraction of sp³-hybridized carbons (Fsp3) is 0.529. The molecule has 0 spiro atoms. The van der Waals surface area contributed by atoms with Gasteiger partial charge in [-0.25, -0.2) is 4.79 Å². The van der Waals surface area contributed by atoms with Gasteiger partial charge in [-0.3, -0.25) is 4.90 Å². The molecule has 1 saturated carbocycles. The summed E-state index contributed by atoms with van der Waals surface area (Å²) in [5.41, 5.74) is 0.118. The number of amides is 1. The highest BCUT2D eigenvalue weighted by atomic mass is 16.6. The fourth-order valence-electron chi connectivity index (χ4n) is 2.46. The summed E-state index contributed by atoms with van der Waals surface area (Å²) in [5.74, 6) is 0.232. The highest BCUT2D eigenvalue weighted by Gasteiger charge is 2.37. The topological polar surface area (TPSA) is 46.6 Å². The molecule has 114 valence electrons. The van der Waals surface area contributed by atoms with Crippen LogP contribution in [-0.2, 0) is 9.53 Å². The molecule has 4 nitrogen and oxygen atoms in total. The van der Waals surface area contributed by atoms with Crippen molar-refractivity contribution in [2.75, 3.05) is 4.90 Å². The van der Waals surface area contributed by atoms with Crippen molar-refractivity contribution in [1.29, 1.82) is 0 Å². The lowest BCUT2D eigenvalue weighted by molar-refractivity contribution is -0.110. The van der Waals surface area contributed by atoms with E-state index in [4.69, 9.17) is 4.74 Å². The van der Waals surface area contributed by atoms with Crippen LogP contribution in [0, 0.1) is 5.92 Å². The van der Waals surface area contributed by atoms with Crippen molar-refractivity contribution in [1.82, 2.24) is 0 Å². The van der Waals surface area contributed by atoms with E-state index in [0.29, 0.717) is 5.69 Å². The molecule has 1 aromatic rings. The first-order valence-electron chi connectivity index (χ1n) is 7.45. The molecule has 21 heavy (non-hydrogen) atoms. The number of hydrogen-bond donors (Lipinski definition) is 0. The van der Waals surface area contributed by atoms with Gasteiger partial charge < -0.3 is 9.53 Å². The van der Waals surface area contributed by atoms with Crippen LogP contribution in [0.25, 0.3) is 0 Å². The standard InChI is InChI=1S/C17H23NO3/c1-17(2,3)21-16(20)18(14-10-5-4-6-11-14)15(12-19)13-8-7-9-13/h4-6,10-13,15H,7-9H2,1-3H3. The molecule has 1 aromatic carbocycles. The second-order valence-corrected chi connectivity index (χ2v) is 6.50. The van der Waals surface area contributed by atoms with Gasteiger partial charge in [-0.05, 0) is 51.7 Å². The molecule has 1 aliphatic carbocycles. The third-order valence-electron chi connectivity index (χ3n) is 3.69. The molecular weight excluding hydrogens is 266 g/mol. The van der Waals surface area contributed by atoms with Gasteiger partial charge in [0, 0.05) is 5.69 Å². The van der Waals surface area contributed by atoms with Crippen LogP contribution in [0.15, 0.2) is 30.3 Å². The Kier molecular flexibility index (Phi) is 4.66. The van der Waals surface area contributed by atoms with Gasteiger partial charge in [0.2, 0.25) is 0 Å². The molecule has 4 heteroatoms. The summed E-state index contributed by atoms with van der Waals surface area (Å²) < 4.78 is 5.48. The van der Waals surface area contributed by atoms with Gasteiger partial charge in [-0.2, -0.15) is 0 Å². The molecule has 0 heterocycles. The van der Waals surface area contributed by atoms with Crippen LogP contribution in [0.4, 0.5) is 10.5 Å². The largest absolute Gasteiger partial charge is 0.443 e. The zero-order chi connectivity index (χ0) is 15.5. The zero-order valence-corrected chi connectivity index (χ0v) is 12.9. The molecule has 0 bridgehead atoms. The van der Waals surface area contributed by atoms with Gasteiger partial charge >= 0.3 is 6.09 Å². The summed E-state index contributed by atoms with van der Waals surface area (Å²) in [4.78, 5) is 25.6. The lowest BCUT2D eigenvalue weighted by Crippen LogP contribution is -2.49. The first-order chi connectivity index (χ1) is 9.92. The third-order valence-corrected chi connectivity index (χ3v) is 3.69. The van der Waals surface area contributed by atoms with Crippen molar-refractivity contribution in [3.8, 4) is 0 Å². The monoisotopic (exact) mass is 289 g/mol. The quantitative estimate of drug-likeness (QED) is 0.792. The molecule has 0 N–H and O–H groups in total. The van der Waals surface area contributed by atoms with Gasteiger partial charge in [0.25, 0.3) is 0 Å². The maximum atomic E-state index is 12.5. The van der Waals surface area contributed by atoms with E-state index < -0.39 is 17.7 Å². The van der Waals surface area contributed by atoms with Gasteiger partial charge in [0.1, 0.15) is 11.9 Å². The van der Waals surface area contributed by atoms with Crippen molar-refractivity contribution in [3.05, 3.63) is 30.3 Å². The molecule has 1 atom stereocenters. The predicted molar refractivity (Wildman–Crippen MR) is 82.3 cm³/mol. The highest BCUT2D eigenvalue weighted by Crippen LogP contribution is 2.34. The third kappa shape index (κ3) is 3.84. The number of carbonyl (C=O) groups excluding carboxylic acids is 2. The van der Waals surface area contributed by atoms with Crippen LogP contribution >= 0.6 is 0 Å². The lowest BCUT2D eigenvalue weighted by atomic mass is 9.79. The van der Waals surface area contributed by atoms with Crippen LogP contribution in [0.1, 0.15) is 40.0 Å². The van der Waals surface area contributed by atoms with Crippen LogP contribution in [0.2, 0.25) is 0 Å². The van der Waals surface area contributed by atoms with Gasteiger partial charge in [0.05, 0.1) is 6.04 Å². The Morgan fingerprint density at radius 2 is 1.90 bits per heavy atom. The molecule has 0 aliphatic heterocycles. The average Bonchev–Trinajstić information content (AvgIpc) is 2.34. The van der Waals surface area contributed by atoms with E-state index in [-0.39, 0.29) is 5.92 Å². The molecular formula is C17H23NO3. The average molecular weight is 289 g/mol. The normalized spacial score (nSPS) is 16.7. The number of benzene rings is 1. The Balaban J connectivity index is 2.29. The summed E-state index contributed by atoms with van der Waals surface area (Å²) in [5, 5.41) is 0. The first kappa shape index (κ1) is 15.5. The summed E-state index contributed by atoms with van der Waals surface area (Å²) in [6, 6.07) is 8.81. The molecule has 1 fully saturated rings. The molecule has 1 amide bonds. The lowest BCUT2D eigenvalue weighted by Gasteiger charge is -2.38. The summed E-state index contributed by atoms with van der Waals surface area (Å²) in [6.07, 6.45) is 3.50. The number of hydrogen-bond acceptors (Lipinski definition) is 3. The minimum absolute atomic E-state index is 0.232. The van der Waals surface area contributed by atoms with E-state index in [1.54, 1.807) is 0 Å². The Morgan fingerprint density at radius 3 is 2.33 bits per heavy atom. The number of rotatable bonds is 4.